The standard InChI is InChI=1S/C36H53N3/c1-27(2)20-30-14-17-32(18-15-30)28(3)24-38-36(23-31-16-19-33-12-8-9-13-34(33)21-31)26-39-35(25-37-4)22-29-10-6-5-7-11-29/h8-9,12-19,21,27-29,35-39H,5-7,10-11,20,22-26H2,1-4H3/t28?,35-,36-/m1/s1. The average molecular weight is 528 g/mol. The van der Waals surface area contributed by atoms with Crippen LogP contribution in [0.15, 0.2) is 66.7 Å². The number of benzene rings is 3. The fraction of sp³-hybridized carbons (Fsp3) is 0.556. The van der Waals surface area contributed by atoms with Crippen LogP contribution in [0.3, 0.4) is 0 Å². The SMILES string of the molecule is CNC[C@@H](CC1CCCCC1)NC[C@@H](Cc1ccc2ccccc2c1)NCC(C)c1ccc(CC(C)C)cc1. The summed E-state index contributed by atoms with van der Waals surface area (Å²) < 4.78 is 0. The van der Waals surface area contributed by atoms with E-state index in [1.165, 1.54) is 66.0 Å². The maximum Gasteiger partial charge on any atom is 0.0233 e. The van der Waals surface area contributed by atoms with Gasteiger partial charge in [0, 0.05) is 31.7 Å². The number of rotatable bonds is 15. The van der Waals surface area contributed by atoms with Crippen LogP contribution in [-0.2, 0) is 12.8 Å². The molecule has 0 radical (unpaired) electrons. The molecule has 0 amide bonds. The van der Waals surface area contributed by atoms with Crippen LogP contribution >= 0.6 is 0 Å². The number of likely N-dealkylation sites (N-methyl/N-ethyl adjacent to an activating group) is 1. The van der Waals surface area contributed by atoms with E-state index in [0.717, 1.165) is 38.4 Å². The molecule has 4 rings (SSSR count). The second-order valence-corrected chi connectivity index (χ2v) is 12.6. The highest BCUT2D eigenvalue weighted by molar-refractivity contribution is 5.83. The summed E-state index contributed by atoms with van der Waals surface area (Å²) in [5.41, 5.74) is 4.29. The quantitative estimate of drug-likeness (QED) is 0.192. The van der Waals surface area contributed by atoms with Gasteiger partial charge in [-0.3, -0.25) is 0 Å². The Labute approximate surface area is 238 Å². The van der Waals surface area contributed by atoms with Crippen molar-refractivity contribution in [2.24, 2.45) is 11.8 Å². The molecule has 0 heterocycles. The van der Waals surface area contributed by atoms with Gasteiger partial charge in [-0.05, 0) is 71.5 Å². The molecule has 3 atom stereocenters. The molecule has 3 nitrogen and oxygen atoms in total. The first kappa shape index (κ1) is 29.8. The molecule has 3 heteroatoms. The Kier molecular flexibility index (Phi) is 11.9. The van der Waals surface area contributed by atoms with Gasteiger partial charge in [-0.25, -0.2) is 0 Å². The number of fused-ring (bicyclic) bond motifs is 1. The molecule has 0 saturated heterocycles. The summed E-state index contributed by atoms with van der Waals surface area (Å²) in [6.45, 7) is 9.96. The van der Waals surface area contributed by atoms with Crippen molar-refractivity contribution in [2.45, 2.75) is 90.1 Å². The Bertz CT molecular complexity index is 1100. The Hall–Kier alpha value is -2.20. The second kappa shape index (κ2) is 15.6. The Morgan fingerprint density at radius 2 is 1.38 bits per heavy atom. The fourth-order valence-electron chi connectivity index (χ4n) is 6.40. The maximum absolute atomic E-state index is 3.99. The third-order valence-corrected chi connectivity index (χ3v) is 8.65. The van der Waals surface area contributed by atoms with Gasteiger partial charge in [-0.15, -0.1) is 0 Å². The molecule has 212 valence electrons. The molecule has 0 aromatic heterocycles. The minimum absolute atomic E-state index is 0.388. The van der Waals surface area contributed by atoms with Crippen LogP contribution in [0.2, 0.25) is 0 Å². The van der Waals surface area contributed by atoms with Crippen LogP contribution in [0, 0.1) is 11.8 Å². The summed E-state index contributed by atoms with van der Waals surface area (Å²) in [4.78, 5) is 0. The van der Waals surface area contributed by atoms with E-state index in [1.807, 2.05) is 0 Å². The normalized spacial score (nSPS) is 16.9. The van der Waals surface area contributed by atoms with Gasteiger partial charge in [0.1, 0.15) is 0 Å². The molecule has 0 bridgehead atoms. The summed E-state index contributed by atoms with van der Waals surface area (Å²) in [6, 6.07) is 26.0. The molecule has 1 unspecified atom stereocenters. The summed E-state index contributed by atoms with van der Waals surface area (Å²) in [6.07, 6.45) is 10.6. The van der Waals surface area contributed by atoms with E-state index in [4.69, 9.17) is 0 Å². The van der Waals surface area contributed by atoms with Crippen molar-refractivity contribution in [2.75, 3.05) is 26.7 Å². The van der Waals surface area contributed by atoms with E-state index < -0.39 is 0 Å². The number of nitrogens with one attached hydrogen (secondary N) is 3. The van der Waals surface area contributed by atoms with Crippen LogP contribution in [0.25, 0.3) is 10.8 Å². The predicted octanol–water partition coefficient (Wildman–Crippen LogP) is 7.49. The maximum atomic E-state index is 3.99. The van der Waals surface area contributed by atoms with Crippen molar-refractivity contribution in [3.63, 3.8) is 0 Å². The number of hydrogen-bond donors (Lipinski definition) is 3. The average Bonchev–Trinajstić information content (AvgIpc) is 2.95. The van der Waals surface area contributed by atoms with Gasteiger partial charge in [0.25, 0.3) is 0 Å². The van der Waals surface area contributed by atoms with Crippen molar-refractivity contribution in [3.05, 3.63) is 83.4 Å². The van der Waals surface area contributed by atoms with Crippen LogP contribution in [0.1, 0.15) is 81.9 Å². The number of hydrogen-bond acceptors (Lipinski definition) is 3. The van der Waals surface area contributed by atoms with Gasteiger partial charge >= 0.3 is 0 Å². The van der Waals surface area contributed by atoms with Gasteiger partial charge in [0.2, 0.25) is 0 Å². The monoisotopic (exact) mass is 527 g/mol. The van der Waals surface area contributed by atoms with E-state index in [2.05, 4.69) is 110 Å². The fourth-order valence-corrected chi connectivity index (χ4v) is 6.40. The lowest BCUT2D eigenvalue weighted by Crippen LogP contribution is -2.47. The van der Waals surface area contributed by atoms with Crippen molar-refractivity contribution in [1.29, 1.82) is 0 Å². The van der Waals surface area contributed by atoms with Gasteiger partial charge in [-0.1, -0.05) is 120 Å². The third-order valence-electron chi connectivity index (χ3n) is 8.65. The molecule has 39 heavy (non-hydrogen) atoms. The summed E-state index contributed by atoms with van der Waals surface area (Å²) in [7, 11) is 2.09. The van der Waals surface area contributed by atoms with Crippen LogP contribution in [0.5, 0.6) is 0 Å². The molecule has 3 aromatic carbocycles. The summed E-state index contributed by atoms with van der Waals surface area (Å²) in [5.74, 6) is 2.06. The Balaban J connectivity index is 1.40. The van der Waals surface area contributed by atoms with E-state index in [1.54, 1.807) is 0 Å². The highest BCUT2D eigenvalue weighted by atomic mass is 15.0. The lowest BCUT2D eigenvalue weighted by Gasteiger charge is -2.29. The Morgan fingerprint density at radius 1 is 0.692 bits per heavy atom. The van der Waals surface area contributed by atoms with Crippen molar-refractivity contribution < 1.29 is 0 Å². The predicted molar refractivity (Wildman–Crippen MR) is 170 cm³/mol. The molecule has 1 aliphatic rings. The van der Waals surface area contributed by atoms with Crippen molar-refractivity contribution in [3.8, 4) is 0 Å². The molecule has 1 saturated carbocycles. The lowest BCUT2D eigenvalue weighted by molar-refractivity contribution is 0.289. The molecule has 0 aliphatic heterocycles. The molecular formula is C36H53N3. The largest absolute Gasteiger partial charge is 0.318 e. The van der Waals surface area contributed by atoms with Gasteiger partial charge in [0.05, 0.1) is 0 Å². The molecule has 1 fully saturated rings. The summed E-state index contributed by atoms with van der Waals surface area (Å²) in [5, 5.41) is 14.1. The zero-order valence-corrected chi connectivity index (χ0v) is 25.0. The zero-order valence-electron chi connectivity index (χ0n) is 25.0. The van der Waals surface area contributed by atoms with E-state index in [0.29, 0.717) is 23.9 Å². The highest BCUT2D eigenvalue weighted by Gasteiger charge is 2.20. The van der Waals surface area contributed by atoms with Crippen molar-refractivity contribution >= 4 is 10.8 Å². The lowest BCUT2D eigenvalue weighted by atomic mass is 9.84. The van der Waals surface area contributed by atoms with Crippen LogP contribution in [-0.4, -0.2) is 38.8 Å². The van der Waals surface area contributed by atoms with E-state index in [-0.39, 0.29) is 0 Å². The minimum Gasteiger partial charge on any atom is -0.318 e. The molecule has 3 aromatic rings. The first-order valence-corrected chi connectivity index (χ1v) is 15.7. The van der Waals surface area contributed by atoms with Crippen LogP contribution in [0.4, 0.5) is 0 Å². The molecule has 3 N–H and O–H groups in total. The van der Waals surface area contributed by atoms with E-state index in [9.17, 15) is 0 Å². The van der Waals surface area contributed by atoms with Crippen molar-refractivity contribution in [1.82, 2.24) is 16.0 Å². The first-order valence-electron chi connectivity index (χ1n) is 15.7. The molecular weight excluding hydrogens is 474 g/mol. The summed E-state index contributed by atoms with van der Waals surface area (Å²) >= 11 is 0. The van der Waals surface area contributed by atoms with Gasteiger partial charge < -0.3 is 16.0 Å². The van der Waals surface area contributed by atoms with Gasteiger partial charge in [-0.2, -0.15) is 0 Å². The third kappa shape index (κ3) is 9.74. The highest BCUT2D eigenvalue weighted by Crippen LogP contribution is 2.27. The first-order chi connectivity index (χ1) is 19.0. The minimum atomic E-state index is 0.388. The topological polar surface area (TPSA) is 36.1 Å². The smallest absolute Gasteiger partial charge is 0.0233 e. The second-order valence-electron chi connectivity index (χ2n) is 12.6. The molecule has 1 aliphatic carbocycles. The zero-order chi connectivity index (χ0) is 27.5. The Morgan fingerprint density at radius 3 is 2.10 bits per heavy atom. The molecule has 0 spiro atoms. The van der Waals surface area contributed by atoms with Crippen LogP contribution < -0.4 is 16.0 Å². The van der Waals surface area contributed by atoms with E-state index >= 15 is 0 Å². The van der Waals surface area contributed by atoms with Gasteiger partial charge in [0.15, 0.2) is 0 Å².